The number of ether oxygens (including phenoxy) is 1. The van der Waals surface area contributed by atoms with Crippen LogP contribution in [-0.2, 0) is 7.05 Å². The third-order valence-corrected chi connectivity index (χ3v) is 4.57. The van der Waals surface area contributed by atoms with Gasteiger partial charge < -0.3 is 15.6 Å². The van der Waals surface area contributed by atoms with Gasteiger partial charge in [0.1, 0.15) is 41.8 Å². The normalized spacial score (nSPS) is 12.5. The van der Waals surface area contributed by atoms with Gasteiger partial charge in [0, 0.05) is 18.2 Å². The molecule has 0 aliphatic rings. The van der Waals surface area contributed by atoms with E-state index in [0.29, 0.717) is 28.5 Å². The lowest BCUT2D eigenvalue weighted by molar-refractivity contribution is -0.721. The number of nitrogens with zero attached hydrogens (tertiary/aromatic N) is 3. The van der Waals surface area contributed by atoms with Crippen molar-refractivity contribution in [1.29, 1.82) is 0 Å². The highest BCUT2D eigenvalue weighted by atomic mass is 19.1. The van der Waals surface area contributed by atoms with Crippen LogP contribution in [0.25, 0.3) is 23.0 Å². The Balaban J connectivity index is 2.34. The molecule has 3 aromatic rings. The van der Waals surface area contributed by atoms with Crippen LogP contribution in [0.3, 0.4) is 0 Å². The molecule has 152 valence electrons. The molecule has 4 N–H and O–H groups in total. The summed E-state index contributed by atoms with van der Waals surface area (Å²) in [5.74, 6) is -1.05. The highest BCUT2D eigenvalue weighted by Gasteiger charge is 2.31. The molecule has 0 spiro atoms. The standard InChI is InChI=1S/C20H21F2N5O2/c1-5-16(28)19-15(6-7-23)27(10-24-19)20-17(11(2)25-26(20)3)18-13(21)8-12(29-4)9-14(18)22/h5-10,16,28H,1,23H2,2-4H3/p+1. The summed E-state index contributed by atoms with van der Waals surface area (Å²) in [5.41, 5.74) is 6.95. The molecule has 0 saturated carbocycles. The highest BCUT2D eigenvalue weighted by molar-refractivity contribution is 5.74. The Morgan fingerprint density at radius 3 is 2.55 bits per heavy atom. The van der Waals surface area contributed by atoms with Crippen molar-refractivity contribution in [3.05, 3.63) is 66.0 Å². The van der Waals surface area contributed by atoms with E-state index < -0.39 is 17.7 Å². The smallest absolute Gasteiger partial charge is 0.316 e. The molecule has 29 heavy (non-hydrogen) atoms. The van der Waals surface area contributed by atoms with Gasteiger partial charge in [-0.25, -0.2) is 18.9 Å². The number of hydrogen-bond donors (Lipinski definition) is 3. The largest absolute Gasteiger partial charge is 0.497 e. The zero-order valence-electron chi connectivity index (χ0n) is 16.3. The van der Waals surface area contributed by atoms with Gasteiger partial charge in [0.25, 0.3) is 0 Å². The molecule has 0 radical (unpaired) electrons. The van der Waals surface area contributed by atoms with E-state index in [9.17, 15) is 13.9 Å². The number of imidazole rings is 1. The van der Waals surface area contributed by atoms with Crippen molar-refractivity contribution in [3.8, 4) is 22.7 Å². The molecule has 9 heteroatoms. The van der Waals surface area contributed by atoms with Crippen LogP contribution in [-0.4, -0.2) is 26.9 Å². The van der Waals surface area contributed by atoms with Crippen LogP contribution in [0, 0.1) is 18.6 Å². The van der Waals surface area contributed by atoms with Crippen LogP contribution in [0.2, 0.25) is 0 Å². The van der Waals surface area contributed by atoms with Crippen LogP contribution in [0.5, 0.6) is 5.75 Å². The first-order valence-electron chi connectivity index (χ1n) is 8.72. The van der Waals surface area contributed by atoms with Crippen molar-refractivity contribution in [2.45, 2.75) is 13.0 Å². The number of aryl methyl sites for hydroxylation is 2. The second-order valence-corrected chi connectivity index (χ2v) is 6.39. The van der Waals surface area contributed by atoms with Gasteiger partial charge in [-0.15, -0.1) is 6.58 Å². The number of H-pyrrole nitrogens is 1. The number of aliphatic hydroxyl groups excluding tert-OH is 1. The first-order valence-corrected chi connectivity index (χ1v) is 8.72. The molecule has 0 aliphatic heterocycles. The minimum atomic E-state index is -1.04. The molecule has 0 amide bonds. The maximum Gasteiger partial charge on any atom is 0.316 e. The fraction of sp³-hybridized carbons (Fsp3) is 0.200. The van der Waals surface area contributed by atoms with E-state index in [0.717, 1.165) is 12.1 Å². The van der Waals surface area contributed by atoms with Crippen LogP contribution in [0.1, 0.15) is 23.2 Å². The second kappa shape index (κ2) is 7.88. The topological polar surface area (TPSA) is 93.0 Å². The number of benzene rings is 1. The van der Waals surface area contributed by atoms with Gasteiger partial charge >= 0.3 is 5.82 Å². The van der Waals surface area contributed by atoms with Crippen molar-refractivity contribution >= 4 is 6.08 Å². The first kappa shape index (κ1) is 20.3. The SMILES string of the molecule is C=CC(O)c1ncn(-c2c(-c3c(F)cc(OC)cc3F)c(C)[nH][n+]2C)c1C=CN. The monoisotopic (exact) mass is 402 g/mol. The number of rotatable bonds is 6. The molecule has 3 rings (SSSR count). The van der Waals surface area contributed by atoms with Crippen LogP contribution in [0.15, 0.2) is 37.3 Å². The van der Waals surface area contributed by atoms with Crippen LogP contribution in [0.4, 0.5) is 8.78 Å². The number of aromatic amines is 1. The molecule has 1 aromatic carbocycles. The predicted octanol–water partition coefficient (Wildman–Crippen LogP) is 2.44. The number of hydrogen-bond acceptors (Lipinski definition) is 4. The maximum atomic E-state index is 14.8. The van der Waals surface area contributed by atoms with E-state index in [2.05, 4.69) is 16.7 Å². The fourth-order valence-electron chi connectivity index (χ4n) is 3.32. The van der Waals surface area contributed by atoms with E-state index in [1.807, 2.05) is 0 Å². The Bertz CT molecular complexity index is 1080. The van der Waals surface area contributed by atoms with Crippen molar-refractivity contribution in [1.82, 2.24) is 14.6 Å². The predicted molar refractivity (Wildman–Crippen MR) is 104 cm³/mol. The molecule has 0 bridgehead atoms. The average Bonchev–Trinajstić information content (AvgIpc) is 3.21. The molecule has 2 aromatic heterocycles. The Hall–Kier alpha value is -3.46. The summed E-state index contributed by atoms with van der Waals surface area (Å²) in [6, 6.07) is 2.24. The molecular formula is C20H22F2N5O2+. The van der Waals surface area contributed by atoms with E-state index in [4.69, 9.17) is 10.5 Å². The Morgan fingerprint density at radius 1 is 1.34 bits per heavy atom. The number of halogens is 2. The lowest BCUT2D eigenvalue weighted by atomic mass is 10.0. The van der Waals surface area contributed by atoms with E-state index in [-0.39, 0.29) is 11.3 Å². The number of methoxy groups -OCH3 is 1. The Kier molecular flexibility index (Phi) is 5.51. The summed E-state index contributed by atoms with van der Waals surface area (Å²) >= 11 is 0. The zero-order chi connectivity index (χ0) is 21.3. The number of aromatic nitrogens is 4. The molecule has 0 saturated heterocycles. The Morgan fingerprint density at radius 2 is 2.00 bits per heavy atom. The number of nitrogens with one attached hydrogen (secondary N) is 1. The zero-order valence-corrected chi connectivity index (χ0v) is 16.3. The minimum Gasteiger partial charge on any atom is -0.497 e. The van der Waals surface area contributed by atoms with E-state index in [1.165, 1.54) is 25.7 Å². The molecular weight excluding hydrogens is 380 g/mol. The average molecular weight is 402 g/mol. The summed E-state index contributed by atoms with van der Waals surface area (Å²) in [4.78, 5) is 4.24. The fourth-order valence-corrected chi connectivity index (χ4v) is 3.32. The van der Waals surface area contributed by atoms with E-state index >= 15 is 0 Å². The highest BCUT2D eigenvalue weighted by Crippen LogP contribution is 2.35. The molecule has 2 heterocycles. The molecule has 0 aliphatic carbocycles. The van der Waals surface area contributed by atoms with Crippen LogP contribution < -0.4 is 15.2 Å². The van der Waals surface area contributed by atoms with Crippen LogP contribution >= 0.6 is 0 Å². The summed E-state index contributed by atoms with van der Waals surface area (Å²) in [5, 5.41) is 13.2. The summed E-state index contributed by atoms with van der Waals surface area (Å²) in [6.45, 7) is 5.27. The molecule has 0 fully saturated rings. The van der Waals surface area contributed by atoms with Crippen molar-refractivity contribution in [2.75, 3.05) is 7.11 Å². The van der Waals surface area contributed by atoms with Gasteiger partial charge in [0.2, 0.25) is 0 Å². The molecule has 1 unspecified atom stereocenters. The molecule has 1 atom stereocenters. The summed E-state index contributed by atoms with van der Waals surface area (Å²) in [6.07, 6.45) is 4.57. The van der Waals surface area contributed by atoms with Gasteiger partial charge in [-0.05, 0) is 13.1 Å². The van der Waals surface area contributed by atoms with Crippen molar-refractivity contribution < 1.29 is 23.3 Å². The van der Waals surface area contributed by atoms with Crippen molar-refractivity contribution in [3.63, 3.8) is 0 Å². The lowest BCUT2D eigenvalue weighted by Gasteiger charge is -2.08. The lowest BCUT2D eigenvalue weighted by Crippen LogP contribution is -2.35. The first-order chi connectivity index (χ1) is 13.8. The summed E-state index contributed by atoms with van der Waals surface area (Å²) < 4.78 is 37.8. The van der Waals surface area contributed by atoms with Gasteiger partial charge in [-0.2, -0.15) is 9.25 Å². The van der Waals surface area contributed by atoms with Gasteiger partial charge in [0.05, 0.1) is 18.4 Å². The van der Waals surface area contributed by atoms with Gasteiger partial charge in [-0.1, -0.05) is 6.08 Å². The van der Waals surface area contributed by atoms with Crippen molar-refractivity contribution in [2.24, 2.45) is 12.8 Å². The summed E-state index contributed by atoms with van der Waals surface area (Å²) in [7, 11) is 3.04. The number of nitrogens with two attached hydrogens (primary N) is 1. The van der Waals surface area contributed by atoms with Gasteiger partial charge in [-0.3, -0.25) is 0 Å². The third kappa shape index (κ3) is 3.40. The van der Waals surface area contributed by atoms with E-state index in [1.54, 1.807) is 29.3 Å². The van der Waals surface area contributed by atoms with Gasteiger partial charge in [0.15, 0.2) is 12.0 Å². The molecule has 7 nitrogen and oxygen atoms in total. The maximum absolute atomic E-state index is 14.8. The minimum absolute atomic E-state index is 0.0774. The second-order valence-electron chi connectivity index (χ2n) is 6.39. The Labute approximate surface area is 166 Å². The quantitative estimate of drug-likeness (QED) is 0.436. The number of aliphatic hydroxyl groups is 1. The third-order valence-electron chi connectivity index (χ3n) is 4.57.